The Bertz CT molecular complexity index is 1190. The normalized spacial score (nSPS) is 10.9. The highest BCUT2D eigenvalue weighted by Crippen LogP contribution is 2.24. The van der Waals surface area contributed by atoms with Gasteiger partial charge in [0.15, 0.2) is 11.7 Å². The highest BCUT2D eigenvalue weighted by Gasteiger charge is 2.13. The molecule has 1 amide bonds. The van der Waals surface area contributed by atoms with E-state index in [4.69, 9.17) is 4.42 Å². The molecule has 0 radical (unpaired) electrons. The van der Waals surface area contributed by atoms with Crippen LogP contribution in [0.2, 0.25) is 0 Å². The average molecular weight is 436 g/mol. The number of nitrogens with zero attached hydrogens (tertiary/aromatic N) is 3. The summed E-state index contributed by atoms with van der Waals surface area (Å²) in [6, 6.07) is 13.3. The molecule has 1 N–H and O–H groups in total. The average Bonchev–Trinajstić information content (AvgIpc) is 3.43. The van der Waals surface area contributed by atoms with Gasteiger partial charge in [-0.25, -0.2) is 18.7 Å². The van der Waals surface area contributed by atoms with Crippen LogP contribution in [0.1, 0.15) is 23.7 Å². The van der Waals surface area contributed by atoms with E-state index in [1.807, 2.05) is 24.4 Å². The second-order valence-corrected chi connectivity index (χ2v) is 7.30. The molecule has 32 heavy (non-hydrogen) atoms. The van der Waals surface area contributed by atoms with Gasteiger partial charge >= 0.3 is 0 Å². The third kappa shape index (κ3) is 5.46. The van der Waals surface area contributed by atoms with Crippen molar-refractivity contribution in [3.8, 4) is 11.3 Å². The second kappa shape index (κ2) is 10.00. The van der Waals surface area contributed by atoms with Crippen LogP contribution in [-0.4, -0.2) is 27.0 Å². The number of carbonyl (C=O) groups is 1. The van der Waals surface area contributed by atoms with Gasteiger partial charge in [0, 0.05) is 50.8 Å². The van der Waals surface area contributed by atoms with Crippen LogP contribution in [0.15, 0.2) is 71.5 Å². The van der Waals surface area contributed by atoms with E-state index >= 15 is 0 Å². The first-order valence-electron chi connectivity index (χ1n) is 10.3. The third-order valence-corrected chi connectivity index (χ3v) is 4.98. The van der Waals surface area contributed by atoms with Crippen molar-refractivity contribution >= 4 is 5.91 Å². The molecule has 2 aromatic heterocycles. The Morgan fingerprint density at radius 2 is 1.91 bits per heavy atom. The third-order valence-electron chi connectivity index (χ3n) is 4.98. The molecule has 0 saturated carbocycles. The van der Waals surface area contributed by atoms with Crippen molar-refractivity contribution in [2.75, 3.05) is 6.54 Å². The largest absolute Gasteiger partial charge is 0.441 e. The zero-order chi connectivity index (χ0) is 22.3. The van der Waals surface area contributed by atoms with Crippen LogP contribution < -0.4 is 5.32 Å². The standard InChI is InChI=1S/C24H22F2N4O2/c25-18-6-7-19(20(26)14-18)21-15-29-24(32-21)9-8-23(31)28-11-10-22-27-12-13-30(22)16-17-4-2-1-3-5-17/h1-7,12-15H,8-11,16H2,(H,28,31). The maximum Gasteiger partial charge on any atom is 0.220 e. The molecule has 8 heteroatoms. The van der Waals surface area contributed by atoms with Gasteiger partial charge in [-0.05, 0) is 17.7 Å². The van der Waals surface area contributed by atoms with Crippen LogP contribution in [-0.2, 0) is 24.2 Å². The minimum absolute atomic E-state index is 0.126. The van der Waals surface area contributed by atoms with Crippen LogP contribution in [0, 0.1) is 11.6 Å². The summed E-state index contributed by atoms with van der Waals surface area (Å²) in [6.45, 7) is 1.19. The fraction of sp³-hybridized carbons (Fsp3) is 0.208. The number of nitrogens with one attached hydrogen (secondary N) is 1. The van der Waals surface area contributed by atoms with Crippen LogP contribution >= 0.6 is 0 Å². The summed E-state index contributed by atoms with van der Waals surface area (Å²) in [4.78, 5) is 20.6. The first kappa shape index (κ1) is 21.4. The molecule has 2 aromatic carbocycles. The molecule has 4 rings (SSSR count). The number of hydrogen-bond acceptors (Lipinski definition) is 4. The first-order chi connectivity index (χ1) is 15.6. The zero-order valence-corrected chi connectivity index (χ0v) is 17.3. The quantitative estimate of drug-likeness (QED) is 0.428. The number of benzene rings is 2. The fourth-order valence-electron chi connectivity index (χ4n) is 3.35. The summed E-state index contributed by atoms with van der Waals surface area (Å²) in [6.07, 6.45) is 6.12. The zero-order valence-electron chi connectivity index (χ0n) is 17.3. The molecule has 2 heterocycles. The van der Waals surface area contributed by atoms with Gasteiger partial charge in [-0.15, -0.1) is 0 Å². The Morgan fingerprint density at radius 3 is 2.72 bits per heavy atom. The van der Waals surface area contributed by atoms with Crippen molar-refractivity contribution in [1.82, 2.24) is 19.9 Å². The molecule has 0 spiro atoms. The number of carbonyl (C=O) groups excluding carboxylic acids is 1. The molecule has 0 bridgehead atoms. The number of aromatic nitrogens is 3. The Kier molecular flexibility index (Phi) is 6.69. The number of hydrogen-bond donors (Lipinski definition) is 1. The van der Waals surface area contributed by atoms with Gasteiger partial charge in [0.25, 0.3) is 0 Å². The van der Waals surface area contributed by atoms with Gasteiger partial charge in [-0.2, -0.15) is 0 Å². The Labute approximate surface area is 183 Å². The molecule has 164 valence electrons. The highest BCUT2D eigenvalue weighted by molar-refractivity contribution is 5.76. The van der Waals surface area contributed by atoms with Crippen molar-refractivity contribution in [2.24, 2.45) is 0 Å². The summed E-state index contributed by atoms with van der Waals surface area (Å²) in [5.41, 5.74) is 1.31. The van der Waals surface area contributed by atoms with Crippen LogP contribution in [0.3, 0.4) is 0 Å². The molecule has 0 aliphatic rings. The SMILES string of the molecule is O=C(CCc1ncc(-c2ccc(F)cc2F)o1)NCCc1nccn1Cc1ccccc1. The predicted octanol–water partition coefficient (Wildman–Crippen LogP) is 4.16. The van der Waals surface area contributed by atoms with Crippen molar-refractivity contribution in [3.63, 3.8) is 0 Å². The Balaban J connectivity index is 1.24. The monoisotopic (exact) mass is 436 g/mol. The summed E-state index contributed by atoms with van der Waals surface area (Å²) in [5, 5.41) is 2.87. The molecule has 0 atom stereocenters. The maximum absolute atomic E-state index is 13.9. The second-order valence-electron chi connectivity index (χ2n) is 7.30. The number of rotatable bonds is 9. The first-order valence-corrected chi connectivity index (χ1v) is 10.3. The smallest absolute Gasteiger partial charge is 0.220 e. The molecule has 0 aliphatic carbocycles. The molecular formula is C24H22F2N4O2. The Morgan fingerprint density at radius 1 is 1.06 bits per heavy atom. The lowest BCUT2D eigenvalue weighted by atomic mass is 10.2. The van der Waals surface area contributed by atoms with Crippen molar-refractivity contribution < 1.29 is 18.0 Å². The van der Waals surface area contributed by atoms with Gasteiger partial charge in [-0.3, -0.25) is 4.79 Å². The van der Waals surface area contributed by atoms with Gasteiger partial charge in [-0.1, -0.05) is 30.3 Å². The summed E-state index contributed by atoms with van der Waals surface area (Å²) in [5.74, 6) is -0.117. The van der Waals surface area contributed by atoms with Gasteiger partial charge < -0.3 is 14.3 Å². The topological polar surface area (TPSA) is 73.0 Å². The lowest BCUT2D eigenvalue weighted by molar-refractivity contribution is -0.121. The Hall–Kier alpha value is -3.81. The van der Waals surface area contributed by atoms with Crippen LogP contribution in [0.4, 0.5) is 8.78 Å². The van der Waals surface area contributed by atoms with Crippen molar-refractivity contribution in [3.05, 3.63) is 96.0 Å². The molecule has 0 aliphatic heterocycles. The van der Waals surface area contributed by atoms with Crippen molar-refractivity contribution in [1.29, 1.82) is 0 Å². The van der Waals surface area contributed by atoms with E-state index in [2.05, 4.69) is 32.0 Å². The van der Waals surface area contributed by atoms with Crippen LogP contribution in [0.5, 0.6) is 0 Å². The molecule has 4 aromatic rings. The van der Waals surface area contributed by atoms with E-state index in [0.29, 0.717) is 18.9 Å². The number of aryl methyl sites for hydroxylation is 1. The summed E-state index contributed by atoms with van der Waals surface area (Å²) in [7, 11) is 0. The summed E-state index contributed by atoms with van der Waals surface area (Å²) < 4.78 is 34.5. The number of halogens is 2. The van der Waals surface area contributed by atoms with Gasteiger partial charge in [0.1, 0.15) is 17.5 Å². The molecule has 0 fully saturated rings. The van der Waals surface area contributed by atoms with E-state index in [1.54, 1.807) is 6.20 Å². The molecule has 0 unspecified atom stereocenters. The molecule has 0 saturated heterocycles. The number of oxazole rings is 1. The minimum Gasteiger partial charge on any atom is -0.441 e. The molecule has 6 nitrogen and oxygen atoms in total. The van der Waals surface area contributed by atoms with Crippen molar-refractivity contribution in [2.45, 2.75) is 25.8 Å². The van der Waals surface area contributed by atoms with Crippen LogP contribution in [0.25, 0.3) is 11.3 Å². The minimum atomic E-state index is -0.726. The number of amides is 1. The lowest BCUT2D eigenvalue weighted by Crippen LogP contribution is -2.26. The number of imidazole rings is 1. The fourth-order valence-corrected chi connectivity index (χ4v) is 3.35. The summed E-state index contributed by atoms with van der Waals surface area (Å²) >= 11 is 0. The van der Waals surface area contributed by atoms with Gasteiger partial charge in [0.2, 0.25) is 5.91 Å². The van der Waals surface area contributed by atoms with E-state index < -0.39 is 11.6 Å². The van der Waals surface area contributed by atoms with E-state index in [-0.39, 0.29) is 30.1 Å². The van der Waals surface area contributed by atoms with E-state index in [1.165, 1.54) is 17.8 Å². The lowest BCUT2D eigenvalue weighted by Gasteiger charge is -2.09. The maximum atomic E-state index is 13.9. The van der Waals surface area contributed by atoms with E-state index in [9.17, 15) is 13.6 Å². The highest BCUT2D eigenvalue weighted by atomic mass is 19.1. The van der Waals surface area contributed by atoms with E-state index in [0.717, 1.165) is 24.5 Å². The van der Waals surface area contributed by atoms with Gasteiger partial charge in [0.05, 0.1) is 11.8 Å². The predicted molar refractivity (Wildman–Crippen MR) is 115 cm³/mol. The molecular weight excluding hydrogens is 414 g/mol.